The zero-order chi connectivity index (χ0) is 15.9. The standard InChI is InChI=1S/C17H26N4O.HI/c1-13(2)9-19-17(18)20-10-16(22)12-21-8-7-14-5-3-4-6-15(14)11-21;/h3-6,16,22H,1,7-12H2,2H3,(H3,18,19,20);1H. The number of rotatable bonds is 6. The molecular formula is C17H27IN4O. The number of hydrogen-bond donors (Lipinski definition) is 3. The number of guanidine groups is 1. The summed E-state index contributed by atoms with van der Waals surface area (Å²) in [4.78, 5) is 6.44. The summed E-state index contributed by atoms with van der Waals surface area (Å²) < 4.78 is 0. The molecule has 5 nitrogen and oxygen atoms in total. The maximum absolute atomic E-state index is 10.1. The lowest BCUT2D eigenvalue weighted by molar-refractivity contribution is 0.112. The third kappa shape index (κ3) is 6.88. The average Bonchev–Trinajstić information content (AvgIpc) is 2.50. The molecule has 23 heavy (non-hydrogen) atoms. The van der Waals surface area contributed by atoms with Gasteiger partial charge in [-0.15, -0.1) is 24.0 Å². The van der Waals surface area contributed by atoms with E-state index in [-0.39, 0.29) is 24.0 Å². The highest BCUT2D eigenvalue weighted by Gasteiger charge is 2.18. The van der Waals surface area contributed by atoms with Crippen LogP contribution in [0.5, 0.6) is 0 Å². The summed E-state index contributed by atoms with van der Waals surface area (Å²) >= 11 is 0. The Labute approximate surface area is 155 Å². The molecule has 128 valence electrons. The van der Waals surface area contributed by atoms with Crippen LogP contribution in [0.4, 0.5) is 0 Å². The molecule has 0 saturated carbocycles. The number of fused-ring (bicyclic) bond motifs is 1. The number of nitrogens with two attached hydrogens (primary N) is 1. The normalized spacial score (nSPS) is 16.2. The summed E-state index contributed by atoms with van der Waals surface area (Å²) in [5.74, 6) is 0.353. The quantitative estimate of drug-likeness (QED) is 0.277. The molecule has 0 aromatic heterocycles. The fourth-order valence-electron chi connectivity index (χ4n) is 2.57. The molecule has 1 unspecified atom stereocenters. The van der Waals surface area contributed by atoms with Gasteiger partial charge in [0.15, 0.2) is 5.96 Å². The summed E-state index contributed by atoms with van der Waals surface area (Å²) in [7, 11) is 0. The number of nitrogens with zero attached hydrogens (tertiary/aromatic N) is 2. The van der Waals surface area contributed by atoms with Crippen molar-refractivity contribution in [2.24, 2.45) is 10.7 Å². The van der Waals surface area contributed by atoms with Gasteiger partial charge in [-0.05, 0) is 24.5 Å². The molecule has 4 N–H and O–H groups in total. The molecule has 6 heteroatoms. The Morgan fingerprint density at radius 1 is 1.43 bits per heavy atom. The number of aliphatic hydroxyl groups is 1. The van der Waals surface area contributed by atoms with Crippen LogP contribution in [0.15, 0.2) is 41.4 Å². The molecule has 0 fully saturated rings. The fourth-order valence-corrected chi connectivity index (χ4v) is 2.57. The van der Waals surface area contributed by atoms with E-state index in [1.165, 1.54) is 11.1 Å². The van der Waals surface area contributed by atoms with Gasteiger partial charge in [-0.2, -0.15) is 0 Å². The summed E-state index contributed by atoms with van der Waals surface area (Å²) in [6.07, 6.45) is 0.532. The van der Waals surface area contributed by atoms with Gasteiger partial charge < -0.3 is 16.2 Å². The minimum atomic E-state index is -0.504. The van der Waals surface area contributed by atoms with Crippen LogP contribution in [0, 0.1) is 0 Å². The van der Waals surface area contributed by atoms with Crippen LogP contribution in [0.2, 0.25) is 0 Å². The highest BCUT2D eigenvalue weighted by atomic mass is 127. The molecule has 1 aromatic carbocycles. The van der Waals surface area contributed by atoms with E-state index < -0.39 is 6.10 Å². The van der Waals surface area contributed by atoms with Gasteiger partial charge in [0.05, 0.1) is 12.6 Å². The smallest absolute Gasteiger partial charge is 0.188 e. The van der Waals surface area contributed by atoms with E-state index in [9.17, 15) is 5.11 Å². The second kappa shape index (κ2) is 9.89. The van der Waals surface area contributed by atoms with E-state index in [0.29, 0.717) is 25.6 Å². The third-order valence-corrected chi connectivity index (χ3v) is 3.72. The highest BCUT2D eigenvalue weighted by molar-refractivity contribution is 14.0. The maximum Gasteiger partial charge on any atom is 0.188 e. The van der Waals surface area contributed by atoms with Gasteiger partial charge in [-0.1, -0.05) is 36.4 Å². The van der Waals surface area contributed by atoms with Crippen molar-refractivity contribution in [2.75, 3.05) is 26.2 Å². The largest absolute Gasteiger partial charge is 0.390 e. The summed E-state index contributed by atoms with van der Waals surface area (Å²) in [6, 6.07) is 8.49. The van der Waals surface area contributed by atoms with E-state index in [1.807, 2.05) is 6.92 Å². The number of hydrogen-bond acceptors (Lipinski definition) is 3. The summed E-state index contributed by atoms with van der Waals surface area (Å²) in [5, 5.41) is 13.1. The molecule has 1 heterocycles. The molecule has 0 saturated heterocycles. The fraction of sp³-hybridized carbons (Fsp3) is 0.471. The number of benzene rings is 1. The predicted molar refractivity (Wildman–Crippen MR) is 106 cm³/mol. The van der Waals surface area contributed by atoms with Crippen molar-refractivity contribution in [2.45, 2.75) is 26.0 Å². The zero-order valence-corrected chi connectivity index (χ0v) is 16.0. The molecule has 2 rings (SSSR count). The zero-order valence-electron chi connectivity index (χ0n) is 13.7. The number of halogens is 1. The first-order valence-electron chi connectivity index (χ1n) is 7.70. The second-order valence-corrected chi connectivity index (χ2v) is 5.94. The van der Waals surface area contributed by atoms with Crippen molar-refractivity contribution >= 4 is 29.9 Å². The highest BCUT2D eigenvalue weighted by Crippen LogP contribution is 2.18. The number of aliphatic imine (C=N–C) groups is 1. The maximum atomic E-state index is 10.1. The van der Waals surface area contributed by atoms with Crippen LogP contribution >= 0.6 is 24.0 Å². The average molecular weight is 430 g/mol. The monoisotopic (exact) mass is 430 g/mol. The van der Waals surface area contributed by atoms with Crippen LogP contribution in [0.3, 0.4) is 0 Å². The van der Waals surface area contributed by atoms with Crippen molar-refractivity contribution in [1.82, 2.24) is 10.2 Å². The van der Waals surface area contributed by atoms with Crippen LogP contribution < -0.4 is 11.1 Å². The van der Waals surface area contributed by atoms with Crippen LogP contribution in [0.25, 0.3) is 0 Å². The van der Waals surface area contributed by atoms with Gasteiger partial charge in [0.1, 0.15) is 0 Å². The number of nitrogens with one attached hydrogen (secondary N) is 1. The molecule has 1 aliphatic rings. The minimum absolute atomic E-state index is 0. The Kier molecular flexibility index (Phi) is 8.57. The van der Waals surface area contributed by atoms with Gasteiger partial charge >= 0.3 is 0 Å². The molecule has 1 aliphatic heterocycles. The van der Waals surface area contributed by atoms with Gasteiger partial charge in [-0.3, -0.25) is 9.89 Å². The molecule has 1 aromatic rings. The van der Waals surface area contributed by atoms with Crippen molar-refractivity contribution in [3.05, 3.63) is 47.5 Å². The van der Waals surface area contributed by atoms with Crippen molar-refractivity contribution in [3.8, 4) is 0 Å². The Balaban J connectivity index is 0.00000264. The van der Waals surface area contributed by atoms with Gasteiger partial charge in [0.2, 0.25) is 0 Å². The molecule has 0 aliphatic carbocycles. The van der Waals surface area contributed by atoms with E-state index in [2.05, 4.69) is 46.1 Å². The Morgan fingerprint density at radius 2 is 2.13 bits per heavy atom. The van der Waals surface area contributed by atoms with Crippen LogP contribution in [-0.2, 0) is 13.0 Å². The van der Waals surface area contributed by atoms with Gasteiger partial charge in [-0.25, -0.2) is 0 Å². The minimum Gasteiger partial charge on any atom is -0.390 e. The Bertz CT molecular complexity index is 547. The van der Waals surface area contributed by atoms with Crippen LogP contribution in [-0.4, -0.2) is 48.2 Å². The number of aliphatic hydroxyl groups excluding tert-OH is 1. The Morgan fingerprint density at radius 3 is 2.83 bits per heavy atom. The molecular weight excluding hydrogens is 403 g/mol. The lowest BCUT2D eigenvalue weighted by atomic mass is 10.00. The molecule has 0 radical (unpaired) electrons. The van der Waals surface area contributed by atoms with E-state index in [0.717, 1.165) is 25.1 Å². The van der Waals surface area contributed by atoms with Crippen molar-refractivity contribution in [3.63, 3.8) is 0 Å². The molecule has 0 bridgehead atoms. The van der Waals surface area contributed by atoms with E-state index in [1.54, 1.807) is 0 Å². The second-order valence-electron chi connectivity index (χ2n) is 5.94. The third-order valence-electron chi connectivity index (χ3n) is 3.72. The van der Waals surface area contributed by atoms with Gasteiger partial charge in [0.25, 0.3) is 0 Å². The lowest BCUT2D eigenvalue weighted by Gasteiger charge is -2.30. The first kappa shape index (κ1) is 19.9. The van der Waals surface area contributed by atoms with Gasteiger partial charge in [0, 0.05) is 26.2 Å². The first-order chi connectivity index (χ1) is 10.5. The SMILES string of the molecule is C=C(C)CNC(N)=NCC(O)CN1CCc2ccccc2C1.I. The summed E-state index contributed by atoms with van der Waals surface area (Å²) in [5.41, 5.74) is 9.50. The van der Waals surface area contributed by atoms with E-state index >= 15 is 0 Å². The van der Waals surface area contributed by atoms with Crippen molar-refractivity contribution < 1.29 is 5.11 Å². The van der Waals surface area contributed by atoms with Crippen LogP contribution in [0.1, 0.15) is 18.1 Å². The van der Waals surface area contributed by atoms with Crippen molar-refractivity contribution in [1.29, 1.82) is 0 Å². The molecule has 0 amide bonds. The first-order valence-corrected chi connectivity index (χ1v) is 7.70. The predicted octanol–water partition coefficient (Wildman–Crippen LogP) is 1.50. The Hall–Kier alpha value is -1.12. The summed E-state index contributed by atoms with van der Waals surface area (Å²) in [6.45, 7) is 9.11. The topological polar surface area (TPSA) is 73.9 Å². The lowest BCUT2D eigenvalue weighted by Crippen LogP contribution is -2.39. The number of β-amino-alcohol motifs (C(OH)–C–C–N with tert-alkyl or cyclic N) is 1. The molecule has 1 atom stereocenters. The molecule has 0 spiro atoms. The van der Waals surface area contributed by atoms with E-state index in [4.69, 9.17) is 5.73 Å².